The molecule has 5 heteroatoms. The molecule has 0 bridgehead atoms. The van der Waals surface area contributed by atoms with E-state index in [4.69, 9.17) is 14.4 Å². The fraction of sp³-hybridized carbons (Fsp3) is 0.0175. The third-order valence-corrected chi connectivity index (χ3v) is 13.8. The van der Waals surface area contributed by atoms with Gasteiger partial charge in [-0.25, -0.2) is 9.98 Å². The van der Waals surface area contributed by atoms with Gasteiger partial charge >= 0.3 is 0 Å². The number of nitrogens with zero attached hydrogens (tertiary/aromatic N) is 2. The van der Waals surface area contributed by atoms with Crippen molar-refractivity contribution in [2.24, 2.45) is 9.98 Å². The van der Waals surface area contributed by atoms with Gasteiger partial charge in [0.2, 0.25) is 0 Å². The smallest absolute Gasteiger partial charge is 0.160 e. The second kappa shape index (κ2) is 13.8. The van der Waals surface area contributed by atoms with Crippen molar-refractivity contribution in [2.45, 2.75) is 6.17 Å². The van der Waals surface area contributed by atoms with E-state index < -0.39 is 0 Å². The Morgan fingerprint density at radius 2 is 1.05 bits per heavy atom. The fourth-order valence-corrected chi connectivity index (χ4v) is 11.0. The van der Waals surface area contributed by atoms with Crippen molar-refractivity contribution in [3.05, 3.63) is 217 Å². The lowest BCUT2D eigenvalue weighted by Crippen LogP contribution is -2.34. The zero-order chi connectivity index (χ0) is 40.7. The first-order valence-corrected chi connectivity index (χ1v) is 21.8. The quantitative estimate of drug-likeness (QED) is 0.176. The Kier molecular flexibility index (Phi) is 7.81. The van der Waals surface area contributed by atoms with Crippen molar-refractivity contribution < 1.29 is 4.42 Å². The van der Waals surface area contributed by atoms with Crippen molar-refractivity contribution >= 4 is 97.4 Å². The third-order valence-electron chi connectivity index (χ3n) is 12.6. The van der Waals surface area contributed by atoms with Gasteiger partial charge in [0.1, 0.15) is 23.2 Å². The van der Waals surface area contributed by atoms with Crippen molar-refractivity contribution in [1.82, 2.24) is 5.32 Å². The Morgan fingerprint density at radius 3 is 1.95 bits per heavy atom. The topological polar surface area (TPSA) is 49.9 Å². The van der Waals surface area contributed by atoms with Crippen LogP contribution in [0.1, 0.15) is 22.9 Å². The number of furan rings is 1. The standard InChI is InChI=1S/C57H35N3OS/c1-3-18-36-34(15-1)17-11-28-45(36)55-58-56(60-57(59-55)48-30-13-27-44-41-23-9-10-32-51(41)62-54(44)48)46-24-8-7-22-40(46)42-25-14-31-50-52(42)47-29-12-26-43(53(47)61-50)49-33-35-16-2-4-19-37(35)38-20-5-6-21-39(38)49/h1-33,57H,(H,58,59,60). The van der Waals surface area contributed by atoms with E-state index in [0.717, 1.165) is 77.5 Å². The third kappa shape index (κ3) is 5.38. The number of fused-ring (bicyclic) bond motifs is 10. The minimum atomic E-state index is -0.383. The van der Waals surface area contributed by atoms with Gasteiger partial charge in [0, 0.05) is 53.2 Å². The molecule has 13 rings (SSSR count). The summed E-state index contributed by atoms with van der Waals surface area (Å²) >= 11 is 1.82. The molecule has 0 amide bonds. The van der Waals surface area contributed by atoms with Crippen LogP contribution in [0.4, 0.5) is 0 Å². The molecular formula is C57H35N3OS. The molecule has 3 heterocycles. The molecule has 1 aliphatic rings. The zero-order valence-electron chi connectivity index (χ0n) is 33.3. The maximum atomic E-state index is 6.94. The molecule has 12 aromatic rings. The summed E-state index contributed by atoms with van der Waals surface area (Å²) in [5.41, 5.74) is 9.23. The predicted molar refractivity (Wildman–Crippen MR) is 262 cm³/mol. The van der Waals surface area contributed by atoms with Crippen LogP contribution in [-0.2, 0) is 0 Å². The van der Waals surface area contributed by atoms with Crippen LogP contribution < -0.4 is 5.32 Å². The van der Waals surface area contributed by atoms with Crippen LogP contribution in [0.15, 0.2) is 215 Å². The molecule has 1 aliphatic heterocycles. The molecule has 0 saturated carbocycles. The highest BCUT2D eigenvalue weighted by molar-refractivity contribution is 7.26. The lowest BCUT2D eigenvalue weighted by molar-refractivity contribution is 0.670. The number of rotatable bonds is 5. The highest BCUT2D eigenvalue weighted by atomic mass is 32.1. The van der Waals surface area contributed by atoms with Crippen LogP contribution >= 0.6 is 11.3 Å². The Labute approximate surface area is 360 Å². The van der Waals surface area contributed by atoms with E-state index in [1.807, 2.05) is 11.3 Å². The molecule has 4 nitrogen and oxygen atoms in total. The Hall–Kier alpha value is -7.86. The van der Waals surface area contributed by atoms with Gasteiger partial charge in [-0.15, -0.1) is 11.3 Å². The average molecular weight is 810 g/mol. The first-order valence-electron chi connectivity index (χ1n) is 21.0. The molecule has 1 unspecified atom stereocenters. The second-order valence-corrected chi connectivity index (χ2v) is 17.1. The average Bonchev–Trinajstić information content (AvgIpc) is 3.92. The molecule has 2 aromatic heterocycles. The molecule has 0 spiro atoms. The minimum absolute atomic E-state index is 0.383. The van der Waals surface area contributed by atoms with Crippen LogP contribution in [0.3, 0.4) is 0 Å². The summed E-state index contributed by atoms with van der Waals surface area (Å²) in [5, 5.41) is 15.7. The molecule has 0 aliphatic carbocycles. The van der Waals surface area contributed by atoms with Crippen molar-refractivity contribution in [1.29, 1.82) is 0 Å². The first kappa shape index (κ1) is 34.9. The lowest BCUT2D eigenvalue weighted by atomic mass is 9.91. The van der Waals surface area contributed by atoms with Gasteiger partial charge in [-0.2, -0.15) is 0 Å². The summed E-state index contributed by atoms with van der Waals surface area (Å²) < 4.78 is 9.43. The number of nitrogens with one attached hydrogen (secondary N) is 1. The van der Waals surface area contributed by atoms with Gasteiger partial charge in [-0.3, -0.25) is 0 Å². The molecule has 0 fully saturated rings. The number of hydrogen-bond donors (Lipinski definition) is 1. The molecule has 0 radical (unpaired) electrons. The maximum Gasteiger partial charge on any atom is 0.160 e. The van der Waals surface area contributed by atoms with Gasteiger partial charge in [0.15, 0.2) is 5.84 Å². The first-order chi connectivity index (χ1) is 30.7. The summed E-state index contributed by atoms with van der Waals surface area (Å²) in [6.07, 6.45) is -0.383. The lowest BCUT2D eigenvalue weighted by Gasteiger charge is -2.25. The highest BCUT2D eigenvalue weighted by Gasteiger charge is 2.27. The summed E-state index contributed by atoms with van der Waals surface area (Å²) in [6.45, 7) is 0. The summed E-state index contributed by atoms with van der Waals surface area (Å²) in [7, 11) is 0. The summed E-state index contributed by atoms with van der Waals surface area (Å²) in [5.74, 6) is 1.47. The van der Waals surface area contributed by atoms with E-state index in [1.165, 1.54) is 41.7 Å². The van der Waals surface area contributed by atoms with Crippen molar-refractivity contribution in [2.75, 3.05) is 0 Å². The summed E-state index contributed by atoms with van der Waals surface area (Å²) in [6, 6.07) is 71.4. The van der Waals surface area contributed by atoms with E-state index in [1.54, 1.807) is 0 Å². The SMILES string of the molecule is c1ccc(-c2cccc3oc4c(-c5cc6ccccc6c6ccccc56)cccc4c23)c(C2=NC(c3cccc4ccccc34)=NC(c3cccc4c3sc3ccccc34)N2)c1. The number of benzene rings is 10. The van der Waals surface area contributed by atoms with Gasteiger partial charge in [-0.05, 0) is 67.2 Å². The molecular weight excluding hydrogens is 775 g/mol. The fourth-order valence-electron chi connectivity index (χ4n) is 9.76. The molecule has 10 aromatic carbocycles. The Bertz CT molecular complexity index is 3870. The van der Waals surface area contributed by atoms with E-state index in [2.05, 4.69) is 206 Å². The number of hydrogen-bond acceptors (Lipinski definition) is 5. The maximum absolute atomic E-state index is 6.94. The molecule has 0 saturated heterocycles. The van der Waals surface area contributed by atoms with Crippen LogP contribution in [0.5, 0.6) is 0 Å². The van der Waals surface area contributed by atoms with Crippen molar-refractivity contribution in [3.8, 4) is 22.3 Å². The van der Waals surface area contributed by atoms with Crippen LogP contribution in [0.25, 0.3) is 96.7 Å². The van der Waals surface area contributed by atoms with Crippen molar-refractivity contribution in [3.63, 3.8) is 0 Å². The van der Waals surface area contributed by atoms with E-state index in [-0.39, 0.29) is 6.17 Å². The summed E-state index contributed by atoms with van der Waals surface area (Å²) in [4.78, 5) is 10.9. The Balaban J connectivity index is 1.01. The second-order valence-electron chi connectivity index (χ2n) is 16.0. The number of para-hydroxylation sites is 1. The van der Waals surface area contributed by atoms with Gasteiger partial charge in [-0.1, -0.05) is 182 Å². The predicted octanol–water partition coefficient (Wildman–Crippen LogP) is 15.2. The van der Waals surface area contributed by atoms with Gasteiger partial charge < -0.3 is 9.73 Å². The largest absolute Gasteiger partial charge is 0.455 e. The van der Waals surface area contributed by atoms with Gasteiger partial charge in [0.25, 0.3) is 0 Å². The monoisotopic (exact) mass is 809 g/mol. The van der Waals surface area contributed by atoms with Crippen LogP contribution in [0, 0.1) is 0 Å². The van der Waals surface area contributed by atoms with E-state index in [0.29, 0.717) is 5.84 Å². The van der Waals surface area contributed by atoms with E-state index >= 15 is 0 Å². The van der Waals surface area contributed by atoms with E-state index in [9.17, 15) is 0 Å². The van der Waals surface area contributed by atoms with Crippen LogP contribution in [-0.4, -0.2) is 11.7 Å². The molecule has 290 valence electrons. The highest BCUT2D eigenvalue weighted by Crippen LogP contribution is 2.45. The molecule has 1 N–H and O–H groups in total. The minimum Gasteiger partial charge on any atom is -0.455 e. The number of thiophene rings is 1. The Morgan fingerprint density at radius 1 is 0.435 bits per heavy atom. The van der Waals surface area contributed by atoms with Crippen LogP contribution in [0.2, 0.25) is 0 Å². The zero-order valence-corrected chi connectivity index (χ0v) is 34.2. The van der Waals surface area contributed by atoms with Gasteiger partial charge in [0.05, 0.1) is 0 Å². The number of amidine groups is 2. The molecule has 62 heavy (non-hydrogen) atoms. The normalized spacial score (nSPS) is 14.3. The molecule has 1 atom stereocenters. The number of aliphatic imine (C=N–C) groups is 2.